The number of rotatable bonds is 3. The third kappa shape index (κ3) is 2.22. The van der Waals surface area contributed by atoms with Gasteiger partial charge in [-0.15, -0.1) is 11.6 Å². The SMILES string of the molecule is Cc1nn(Cc2cccnc2C#N)c(C)c1CCl. The molecule has 18 heavy (non-hydrogen) atoms. The average Bonchev–Trinajstić information content (AvgIpc) is 2.65. The van der Waals surface area contributed by atoms with E-state index in [0.29, 0.717) is 18.1 Å². The van der Waals surface area contributed by atoms with Crippen molar-refractivity contribution in [3.8, 4) is 6.07 Å². The van der Waals surface area contributed by atoms with Crippen molar-refractivity contribution in [1.82, 2.24) is 14.8 Å². The zero-order valence-electron chi connectivity index (χ0n) is 10.3. The van der Waals surface area contributed by atoms with Crippen molar-refractivity contribution < 1.29 is 0 Å². The number of alkyl halides is 1. The zero-order chi connectivity index (χ0) is 13.1. The van der Waals surface area contributed by atoms with Gasteiger partial charge in [0.05, 0.1) is 18.1 Å². The fourth-order valence-electron chi connectivity index (χ4n) is 1.91. The lowest BCUT2D eigenvalue weighted by molar-refractivity contribution is 0.655. The van der Waals surface area contributed by atoms with Gasteiger partial charge in [0.25, 0.3) is 0 Å². The Balaban J connectivity index is 2.38. The van der Waals surface area contributed by atoms with Crippen LogP contribution in [0.2, 0.25) is 0 Å². The Morgan fingerprint density at radius 1 is 1.44 bits per heavy atom. The average molecular weight is 261 g/mol. The van der Waals surface area contributed by atoms with E-state index in [-0.39, 0.29) is 0 Å². The molecule has 0 saturated carbocycles. The molecular weight excluding hydrogens is 248 g/mol. The molecule has 0 aliphatic rings. The molecule has 2 rings (SSSR count). The first-order chi connectivity index (χ1) is 8.67. The van der Waals surface area contributed by atoms with Crippen LogP contribution in [0.15, 0.2) is 18.3 Å². The molecule has 0 bridgehead atoms. The first kappa shape index (κ1) is 12.6. The van der Waals surface area contributed by atoms with E-state index in [1.54, 1.807) is 6.20 Å². The molecule has 5 heteroatoms. The number of aromatic nitrogens is 3. The summed E-state index contributed by atoms with van der Waals surface area (Å²) in [7, 11) is 0. The van der Waals surface area contributed by atoms with Crippen LogP contribution < -0.4 is 0 Å². The van der Waals surface area contributed by atoms with E-state index in [1.165, 1.54) is 0 Å². The van der Waals surface area contributed by atoms with Crippen molar-refractivity contribution in [2.45, 2.75) is 26.3 Å². The monoisotopic (exact) mass is 260 g/mol. The molecular formula is C13H13ClN4. The molecule has 0 saturated heterocycles. The molecule has 0 aliphatic heterocycles. The maximum Gasteiger partial charge on any atom is 0.145 e. The van der Waals surface area contributed by atoms with Crippen LogP contribution in [0, 0.1) is 25.2 Å². The molecule has 2 aromatic heterocycles. The van der Waals surface area contributed by atoms with Gasteiger partial charge in [0.1, 0.15) is 11.8 Å². The van der Waals surface area contributed by atoms with E-state index >= 15 is 0 Å². The summed E-state index contributed by atoms with van der Waals surface area (Å²) >= 11 is 5.89. The first-order valence-corrected chi connectivity index (χ1v) is 6.13. The van der Waals surface area contributed by atoms with Crippen LogP contribution >= 0.6 is 11.6 Å². The summed E-state index contributed by atoms with van der Waals surface area (Å²) in [5.74, 6) is 0.454. The number of nitriles is 1. The minimum atomic E-state index is 0.442. The largest absolute Gasteiger partial charge is 0.265 e. The molecule has 2 aromatic rings. The highest BCUT2D eigenvalue weighted by Gasteiger charge is 2.12. The molecule has 0 N–H and O–H groups in total. The topological polar surface area (TPSA) is 54.5 Å². The predicted molar refractivity (Wildman–Crippen MR) is 69.3 cm³/mol. The second-order valence-corrected chi connectivity index (χ2v) is 4.33. The van der Waals surface area contributed by atoms with E-state index in [4.69, 9.17) is 16.9 Å². The van der Waals surface area contributed by atoms with E-state index in [2.05, 4.69) is 16.2 Å². The fraction of sp³-hybridized carbons (Fsp3) is 0.308. The van der Waals surface area contributed by atoms with Crippen LogP contribution in [-0.4, -0.2) is 14.8 Å². The molecule has 92 valence electrons. The maximum absolute atomic E-state index is 9.01. The van der Waals surface area contributed by atoms with Gasteiger partial charge in [0.2, 0.25) is 0 Å². The maximum atomic E-state index is 9.01. The molecule has 0 atom stereocenters. The third-order valence-electron chi connectivity index (χ3n) is 2.98. The summed E-state index contributed by atoms with van der Waals surface area (Å²) in [6.07, 6.45) is 1.62. The molecule has 0 radical (unpaired) electrons. The number of aryl methyl sites for hydroxylation is 1. The molecule has 0 aromatic carbocycles. The van der Waals surface area contributed by atoms with Gasteiger partial charge >= 0.3 is 0 Å². The van der Waals surface area contributed by atoms with E-state index < -0.39 is 0 Å². The minimum Gasteiger partial charge on any atom is -0.265 e. The van der Waals surface area contributed by atoms with Crippen molar-refractivity contribution in [1.29, 1.82) is 5.26 Å². The van der Waals surface area contributed by atoms with Crippen LogP contribution in [0.25, 0.3) is 0 Å². The van der Waals surface area contributed by atoms with Gasteiger partial charge in [-0.1, -0.05) is 6.07 Å². The normalized spacial score (nSPS) is 10.3. The zero-order valence-corrected chi connectivity index (χ0v) is 11.1. The summed E-state index contributed by atoms with van der Waals surface area (Å²) in [4.78, 5) is 4.04. The second-order valence-electron chi connectivity index (χ2n) is 4.06. The number of hydrogen-bond donors (Lipinski definition) is 0. The van der Waals surface area contributed by atoms with Crippen LogP contribution in [0.4, 0.5) is 0 Å². The Labute approximate surface area is 111 Å². The number of nitrogens with zero attached hydrogens (tertiary/aromatic N) is 4. The van der Waals surface area contributed by atoms with Crippen LogP contribution in [0.1, 0.15) is 28.2 Å². The summed E-state index contributed by atoms with van der Waals surface area (Å²) in [6, 6.07) is 5.81. The lowest BCUT2D eigenvalue weighted by Gasteiger charge is -2.06. The van der Waals surface area contributed by atoms with E-state index in [0.717, 1.165) is 22.5 Å². The molecule has 0 unspecified atom stereocenters. The van der Waals surface area contributed by atoms with Crippen LogP contribution in [-0.2, 0) is 12.4 Å². The lowest BCUT2D eigenvalue weighted by atomic mass is 10.2. The highest BCUT2D eigenvalue weighted by Crippen LogP contribution is 2.17. The van der Waals surface area contributed by atoms with Gasteiger partial charge in [-0.3, -0.25) is 4.68 Å². The summed E-state index contributed by atoms with van der Waals surface area (Å²) < 4.78 is 1.87. The van der Waals surface area contributed by atoms with E-state index in [9.17, 15) is 0 Å². The second kappa shape index (κ2) is 5.19. The van der Waals surface area contributed by atoms with Crippen molar-refractivity contribution in [3.63, 3.8) is 0 Å². The minimum absolute atomic E-state index is 0.442. The molecule has 0 spiro atoms. The quantitative estimate of drug-likeness (QED) is 0.797. The number of halogens is 1. The highest BCUT2D eigenvalue weighted by atomic mass is 35.5. The van der Waals surface area contributed by atoms with Gasteiger partial charge in [-0.2, -0.15) is 10.4 Å². The Bertz CT molecular complexity index is 610. The Kier molecular flexibility index (Phi) is 3.63. The standard InChI is InChI=1S/C13H13ClN4/c1-9-12(6-14)10(2)18(17-9)8-11-4-3-5-16-13(11)7-15/h3-5H,6,8H2,1-2H3. The van der Waals surface area contributed by atoms with Crippen molar-refractivity contribution in [2.75, 3.05) is 0 Å². The number of pyridine rings is 1. The van der Waals surface area contributed by atoms with Crippen molar-refractivity contribution in [3.05, 3.63) is 46.5 Å². The Morgan fingerprint density at radius 3 is 2.83 bits per heavy atom. The van der Waals surface area contributed by atoms with Crippen molar-refractivity contribution >= 4 is 11.6 Å². The van der Waals surface area contributed by atoms with Gasteiger partial charge < -0.3 is 0 Å². The van der Waals surface area contributed by atoms with Crippen LogP contribution in [0.3, 0.4) is 0 Å². The summed E-state index contributed by atoms with van der Waals surface area (Å²) in [6.45, 7) is 4.47. The van der Waals surface area contributed by atoms with Crippen molar-refractivity contribution in [2.24, 2.45) is 0 Å². The first-order valence-electron chi connectivity index (χ1n) is 5.60. The van der Waals surface area contributed by atoms with E-state index in [1.807, 2.05) is 30.7 Å². The fourth-order valence-corrected chi connectivity index (χ4v) is 2.30. The molecule has 4 nitrogen and oxygen atoms in total. The molecule has 2 heterocycles. The Hall–Kier alpha value is -1.86. The summed E-state index contributed by atoms with van der Waals surface area (Å²) in [5, 5.41) is 13.5. The lowest BCUT2D eigenvalue weighted by Crippen LogP contribution is -2.06. The summed E-state index contributed by atoms with van der Waals surface area (Å²) in [5.41, 5.74) is 4.34. The van der Waals surface area contributed by atoms with Gasteiger partial charge in [-0.25, -0.2) is 4.98 Å². The predicted octanol–water partition coefficient (Wildman–Crippen LogP) is 2.55. The van der Waals surface area contributed by atoms with Crippen LogP contribution in [0.5, 0.6) is 0 Å². The highest BCUT2D eigenvalue weighted by molar-refractivity contribution is 6.17. The van der Waals surface area contributed by atoms with Gasteiger partial charge in [0.15, 0.2) is 0 Å². The van der Waals surface area contributed by atoms with Gasteiger partial charge in [-0.05, 0) is 19.9 Å². The number of hydrogen-bond acceptors (Lipinski definition) is 3. The molecule has 0 amide bonds. The Morgan fingerprint density at radius 2 is 2.22 bits per heavy atom. The molecule has 0 fully saturated rings. The van der Waals surface area contributed by atoms with Gasteiger partial charge in [0, 0.05) is 23.0 Å². The smallest absolute Gasteiger partial charge is 0.145 e. The molecule has 0 aliphatic carbocycles. The third-order valence-corrected chi connectivity index (χ3v) is 3.25.